The zero-order valence-electron chi connectivity index (χ0n) is 28.0. The number of nitrogens with zero attached hydrogens (tertiary/aromatic N) is 1. The number of esters is 3. The van der Waals surface area contributed by atoms with Gasteiger partial charge in [0.1, 0.15) is 11.7 Å². The minimum Gasteiger partial charge on any atom is -0.455 e. The van der Waals surface area contributed by atoms with Gasteiger partial charge in [-0.3, -0.25) is 9.59 Å². The van der Waals surface area contributed by atoms with Gasteiger partial charge >= 0.3 is 17.9 Å². The SMILES string of the molecule is C=C[C@@]1(C)CC(=O)[C@]2(O)[C@@]3(C)[C@@H](O)CCC(C)(C)[C@@H]3[C@H](OC(=O)COC(=O)c3ccc(CN(C)C)cc3)[C@H](OC(C)=O)[C@@]2(C)O1.Cl. The standard InChI is InChI=1S/C34H47NO10.ClH/c1-10-31(5)17-24(38)34(41)32(6)23(37)15-16-30(3,4)27(32)26(28(43-20(2)36)33(34,7)45-31)44-25(39)19-42-29(40)22-13-11-21(12-14-22)18-35(8)9;/h10-14,23,26-28,37,41H,1,15-19H2,2-9H3;1H/t23-,26-,27-,28-,31-,32-,33+,34-;/m0./s1. The molecule has 2 N–H and O–H groups in total. The molecule has 12 heteroatoms. The lowest BCUT2D eigenvalue weighted by atomic mass is 9.39. The van der Waals surface area contributed by atoms with E-state index in [9.17, 15) is 29.4 Å². The van der Waals surface area contributed by atoms with Crippen LogP contribution in [0.3, 0.4) is 0 Å². The van der Waals surface area contributed by atoms with Gasteiger partial charge in [0, 0.05) is 31.2 Å². The summed E-state index contributed by atoms with van der Waals surface area (Å²) >= 11 is 0. The first kappa shape index (κ1) is 37.6. The molecule has 0 bridgehead atoms. The van der Waals surface area contributed by atoms with Crippen molar-refractivity contribution in [3.63, 3.8) is 0 Å². The highest BCUT2D eigenvalue weighted by Crippen LogP contribution is 2.67. The molecule has 1 heterocycles. The fourth-order valence-electron chi connectivity index (χ4n) is 8.25. The van der Waals surface area contributed by atoms with E-state index in [2.05, 4.69) is 6.58 Å². The highest BCUT2D eigenvalue weighted by atomic mass is 35.5. The van der Waals surface area contributed by atoms with Gasteiger partial charge in [-0.15, -0.1) is 19.0 Å². The molecule has 0 spiro atoms. The Morgan fingerprint density at radius 3 is 2.24 bits per heavy atom. The van der Waals surface area contributed by atoms with Crippen LogP contribution >= 0.6 is 12.4 Å². The Labute approximate surface area is 277 Å². The average Bonchev–Trinajstić information content (AvgIpc) is 2.94. The number of Topliss-reactive ketones (excluding diaryl/α,β-unsaturated/α-hetero) is 1. The van der Waals surface area contributed by atoms with Gasteiger partial charge in [0.05, 0.1) is 17.3 Å². The van der Waals surface area contributed by atoms with Crippen LogP contribution in [0.1, 0.15) is 76.7 Å². The van der Waals surface area contributed by atoms with Crippen molar-refractivity contribution >= 4 is 36.1 Å². The lowest BCUT2D eigenvalue weighted by molar-refractivity contribution is -0.371. The largest absolute Gasteiger partial charge is 0.455 e. The molecule has 11 nitrogen and oxygen atoms in total. The third kappa shape index (κ3) is 6.12. The van der Waals surface area contributed by atoms with Crippen molar-refractivity contribution in [3.8, 4) is 0 Å². The molecule has 0 aromatic heterocycles. The number of halogens is 1. The number of ether oxygens (including phenoxy) is 4. The lowest BCUT2D eigenvalue weighted by Gasteiger charge is -2.71. The summed E-state index contributed by atoms with van der Waals surface area (Å²) in [5.74, 6) is -3.91. The number of fused-ring (bicyclic) bond motifs is 3. The first-order valence-electron chi connectivity index (χ1n) is 15.3. The maximum Gasteiger partial charge on any atom is 0.344 e. The number of benzene rings is 1. The highest BCUT2D eigenvalue weighted by Gasteiger charge is 2.82. The molecule has 1 aromatic carbocycles. The van der Waals surface area contributed by atoms with Crippen molar-refractivity contribution in [1.82, 2.24) is 4.90 Å². The molecular formula is C34H48ClNO10. The van der Waals surface area contributed by atoms with Crippen LogP contribution in [-0.4, -0.2) is 94.6 Å². The van der Waals surface area contributed by atoms with E-state index in [1.54, 1.807) is 38.1 Å². The van der Waals surface area contributed by atoms with Gasteiger partial charge < -0.3 is 34.1 Å². The minimum atomic E-state index is -2.35. The normalized spacial score (nSPS) is 36.4. The predicted octanol–water partition coefficient (Wildman–Crippen LogP) is 3.41. The predicted molar refractivity (Wildman–Crippen MR) is 170 cm³/mol. The average molecular weight is 666 g/mol. The van der Waals surface area contributed by atoms with Crippen molar-refractivity contribution in [2.45, 2.75) is 102 Å². The summed E-state index contributed by atoms with van der Waals surface area (Å²) in [4.78, 5) is 54.9. The Hall–Kier alpha value is -2.83. The topological polar surface area (TPSA) is 149 Å². The maximum atomic E-state index is 14.1. The van der Waals surface area contributed by atoms with E-state index in [0.29, 0.717) is 13.0 Å². The summed E-state index contributed by atoms with van der Waals surface area (Å²) in [5, 5.41) is 24.2. The fourth-order valence-corrected chi connectivity index (χ4v) is 8.25. The molecule has 256 valence electrons. The van der Waals surface area contributed by atoms with Gasteiger partial charge in [-0.2, -0.15) is 0 Å². The molecule has 4 rings (SSSR count). The van der Waals surface area contributed by atoms with E-state index in [-0.39, 0.29) is 30.8 Å². The molecule has 8 atom stereocenters. The fraction of sp³-hybridized carbons (Fsp3) is 0.647. The monoisotopic (exact) mass is 665 g/mol. The van der Waals surface area contributed by atoms with E-state index < -0.39 is 82.2 Å². The molecule has 3 aliphatic rings. The van der Waals surface area contributed by atoms with Crippen LogP contribution in [0.2, 0.25) is 0 Å². The van der Waals surface area contributed by atoms with Crippen molar-refractivity contribution in [3.05, 3.63) is 48.0 Å². The number of carbonyl (C=O) groups excluding carboxylic acids is 4. The summed E-state index contributed by atoms with van der Waals surface area (Å²) in [6.07, 6.45) is -2.06. The van der Waals surface area contributed by atoms with Gasteiger partial charge in [-0.05, 0) is 63.9 Å². The summed E-state index contributed by atoms with van der Waals surface area (Å²) in [7, 11) is 3.86. The Kier molecular flexibility index (Phi) is 10.6. The van der Waals surface area contributed by atoms with Gasteiger partial charge in [0.25, 0.3) is 0 Å². The number of carbonyl (C=O) groups is 4. The van der Waals surface area contributed by atoms with Crippen LogP contribution in [0.4, 0.5) is 0 Å². The number of rotatable bonds is 8. The molecule has 0 radical (unpaired) electrons. The lowest BCUT2D eigenvalue weighted by Crippen LogP contribution is -2.87. The van der Waals surface area contributed by atoms with Crippen molar-refractivity contribution < 1.29 is 48.3 Å². The molecule has 2 saturated carbocycles. The second kappa shape index (κ2) is 13.0. The molecule has 2 aliphatic carbocycles. The molecule has 3 fully saturated rings. The number of aliphatic hydroxyl groups is 2. The first-order valence-corrected chi connectivity index (χ1v) is 15.3. The van der Waals surface area contributed by atoms with Gasteiger partial charge in [-0.1, -0.05) is 39.0 Å². The first-order chi connectivity index (χ1) is 20.8. The van der Waals surface area contributed by atoms with Crippen LogP contribution in [0.5, 0.6) is 0 Å². The Balaban J connectivity index is 0.00000576. The Morgan fingerprint density at radius 2 is 1.70 bits per heavy atom. The summed E-state index contributed by atoms with van der Waals surface area (Å²) in [5.41, 5.74) is -6.67. The van der Waals surface area contributed by atoms with Crippen LogP contribution < -0.4 is 0 Å². The number of ketones is 1. The van der Waals surface area contributed by atoms with Crippen LogP contribution in [-0.2, 0) is 39.9 Å². The summed E-state index contributed by atoms with van der Waals surface area (Å²) < 4.78 is 23.6. The molecule has 46 heavy (non-hydrogen) atoms. The van der Waals surface area contributed by atoms with Crippen molar-refractivity contribution in [1.29, 1.82) is 0 Å². The Bertz CT molecular complexity index is 1360. The van der Waals surface area contributed by atoms with Crippen LogP contribution in [0, 0.1) is 16.7 Å². The Morgan fingerprint density at radius 1 is 1.09 bits per heavy atom. The third-order valence-electron chi connectivity index (χ3n) is 10.3. The third-order valence-corrected chi connectivity index (χ3v) is 10.3. The number of hydrogen-bond acceptors (Lipinski definition) is 11. The zero-order valence-corrected chi connectivity index (χ0v) is 28.8. The zero-order chi connectivity index (χ0) is 33.8. The van der Waals surface area contributed by atoms with Gasteiger partial charge in [-0.25, -0.2) is 9.59 Å². The van der Waals surface area contributed by atoms with E-state index >= 15 is 0 Å². The molecule has 1 aliphatic heterocycles. The van der Waals surface area contributed by atoms with E-state index in [1.165, 1.54) is 19.9 Å². The highest BCUT2D eigenvalue weighted by molar-refractivity contribution is 5.93. The van der Waals surface area contributed by atoms with Crippen LogP contribution in [0.25, 0.3) is 0 Å². The smallest absolute Gasteiger partial charge is 0.344 e. The summed E-state index contributed by atoms with van der Waals surface area (Å²) in [6, 6.07) is 6.80. The quantitative estimate of drug-likeness (QED) is 0.239. The number of aliphatic hydroxyl groups excluding tert-OH is 1. The molecule has 1 aromatic rings. The van der Waals surface area contributed by atoms with E-state index in [0.717, 1.165) is 5.56 Å². The molecule has 1 saturated heterocycles. The minimum absolute atomic E-state index is 0. The molecule has 0 unspecified atom stereocenters. The van der Waals surface area contributed by atoms with E-state index in [4.69, 9.17) is 18.9 Å². The van der Waals surface area contributed by atoms with Gasteiger partial charge in [0.15, 0.2) is 24.1 Å². The van der Waals surface area contributed by atoms with E-state index in [1.807, 2.05) is 32.8 Å². The van der Waals surface area contributed by atoms with Crippen LogP contribution in [0.15, 0.2) is 36.9 Å². The summed E-state index contributed by atoms with van der Waals surface area (Å²) in [6.45, 7) is 13.3. The second-order valence-electron chi connectivity index (χ2n) is 14.3. The molecular weight excluding hydrogens is 618 g/mol. The molecule has 0 amide bonds. The maximum absolute atomic E-state index is 14.1. The van der Waals surface area contributed by atoms with Crippen molar-refractivity contribution in [2.24, 2.45) is 16.7 Å². The van der Waals surface area contributed by atoms with Crippen molar-refractivity contribution in [2.75, 3.05) is 20.7 Å². The number of hydrogen-bond donors (Lipinski definition) is 2. The second-order valence-corrected chi connectivity index (χ2v) is 14.3. The van der Waals surface area contributed by atoms with Gasteiger partial charge in [0.2, 0.25) is 0 Å².